The van der Waals surface area contributed by atoms with Gasteiger partial charge in [0, 0.05) is 19.0 Å². The molecule has 174 valence electrons. The van der Waals surface area contributed by atoms with E-state index in [4.69, 9.17) is 21.1 Å². The minimum absolute atomic E-state index is 0.0323. The smallest absolute Gasteiger partial charge is 0.282 e. The summed E-state index contributed by atoms with van der Waals surface area (Å²) in [5.41, 5.74) is 4.51. The minimum Gasteiger partial charge on any atom is -0.493 e. The van der Waals surface area contributed by atoms with E-state index in [0.717, 1.165) is 14.5 Å². The number of rotatable bonds is 6. The van der Waals surface area contributed by atoms with E-state index in [-0.39, 0.29) is 17.2 Å². The van der Waals surface area contributed by atoms with Gasteiger partial charge in [0.25, 0.3) is 11.8 Å². The number of hydrazine groups is 1. The zero-order valence-corrected chi connectivity index (χ0v) is 23.1. The largest absolute Gasteiger partial charge is 0.493 e. The highest BCUT2D eigenvalue weighted by atomic mass is 79.9. The lowest BCUT2D eigenvalue weighted by atomic mass is 10.1. The molecule has 4 rings (SSSR count). The SMILES string of the molecule is COc1cc(/C=C2/C(=O)NN(c3ccccc3)C2=O)c(Br)c(Cl)c1OCc1ccc(Br)cc1Br. The standard InChI is InChI=1S/C24H16Br3ClN2O4/c1-33-19-10-14(9-17-23(31)29-30(24(17)32)16-5-3-2-4-6-16)20(27)21(28)22(19)34-12-13-7-8-15(25)11-18(13)26/h2-11H,12H2,1H3,(H,29,31)/b17-9-. The first-order valence-electron chi connectivity index (χ1n) is 9.85. The Hall–Kier alpha value is -2.33. The first-order chi connectivity index (χ1) is 16.3. The first kappa shape index (κ1) is 24.8. The summed E-state index contributed by atoms with van der Waals surface area (Å²) in [6.07, 6.45) is 1.47. The fraction of sp³-hybridized carbons (Fsp3) is 0.0833. The van der Waals surface area contributed by atoms with Crippen LogP contribution in [0.1, 0.15) is 11.1 Å². The van der Waals surface area contributed by atoms with Gasteiger partial charge in [0.15, 0.2) is 11.5 Å². The highest BCUT2D eigenvalue weighted by molar-refractivity contribution is 9.11. The number of methoxy groups -OCH3 is 1. The van der Waals surface area contributed by atoms with Crippen LogP contribution in [0.15, 0.2) is 73.6 Å². The maximum atomic E-state index is 12.9. The van der Waals surface area contributed by atoms with Crippen LogP contribution in [0.5, 0.6) is 11.5 Å². The molecule has 3 aromatic rings. The maximum Gasteiger partial charge on any atom is 0.282 e. The van der Waals surface area contributed by atoms with Crippen molar-refractivity contribution in [1.29, 1.82) is 0 Å². The van der Waals surface area contributed by atoms with E-state index in [9.17, 15) is 9.59 Å². The predicted molar refractivity (Wildman–Crippen MR) is 142 cm³/mol. The normalized spacial score (nSPS) is 14.5. The fourth-order valence-electron chi connectivity index (χ4n) is 3.26. The van der Waals surface area contributed by atoms with Crippen molar-refractivity contribution in [2.24, 2.45) is 0 Å². The van der Waals surface area contributed by atoms with Gasteiger partial charge in [0.1, 0.15) is 17.2 Å². The number of nitrogens with one attached hydrogen (secondary N) is 1. The monoisotopic (exact) mass is 668 g/mol. The molecule has 0 radical (unpaired) electrons. The number of carbonyl (C=O) groups excluding carboxylic acids is 2. The molecule has 10 heteroatoms. The second-order valence-electron chi connectivity index (χ2n) is 7.12. The zero-order valence-electron chi connectivity index (χ0n) is 17.6. The number of hydrogen-bond donors (Lipinski definition) is 1. The third-order valence-electron chi connectivity index (χ3n) is 4.97. The van der Waals surface area contributed by atoms with Crippen LogP contribution in [0, 0.1) is 0 Å². The van der Waals surface area contributed by atoms with Crippen molar-refractivity contribution in [2.45, 2.75) is 6.61 Å². The number of para-hydroxylation sites is 1. The highest BCUT2D eigenvalue weighted by Gasteiger charge is 2.34. The van der Waals surface area contributed by atoms with Gasteiger partial charge in [-0.1, -0.05) is 67.7 Å². The number of benzene rings is 3. The molecule has 6 nitrogen and oxygen atoms in total. The van der Waals surface area contributed by atoms with Crippen molar-refractivity contribution in [3.8, 4) is 11.5 Å². The second-order valence-corrected chi connectivity index (χ2v) is 10.1. The molecule has 1 N–H and O–H groups in total. The number of amides is 2. The van der Waals surface area contributed by atoms with Crippen LogP contribution in [-0.4, -0.2) is 18.9 Å². The summed E-state index contributed by atoms with van der Waals surface area (Å²) in [5, 5.41) is 1.46. The Morgan fingerprint density at radius 2 is 1.79 bits per heavy atom. The molecule has 0 saturated carbocycles. The van der Waals surface area contributed by atoms with Crippen LogP contribution in [0.3, 0.4) is 0 Å². The van der Waals surface area contributed by atoms with Gasteiger partial charge in [0.2, 0.25) is 0 Å². The maximum absolute atomic E-state index is 12.9. The number of hydrogen-bond acceptors (Lipinski definition) is 4. The van der Waals surface area contributed by atoms with E-state index in [0.29, 0.717) is 27.2 Å². The van der Waals surface area contributed by atoms with Crippen LogP contribution in [0.2, 0.25) is 5.02 Å². The lowest BCUT2D eigenvalue weighted by Crippen LogP contribution is -2.35. The Morgan fingerprint density at radius 1 is 1.06 bits per heavy atom. The van der Waals surface area contributed by atoms with Crippen molar-refractivity contribution in [2.75, 3.05) is 12.1 Å². The molecule has 0 bridgehead atoms. The van der Waals surface area contributed by atoms with Crippen molar-refractivity contribution in [3.05, 3.63) is 89.7 Å². The Kier molecular flexibility index (Phi) is 7.67. The third kappa shape index (κ3) is 5.02. The molecule has 1 heterocycles. The summed E-state index contributed by atoms with van der Waals surface area (Å²) in [6, 6.07) is 16.3. The Bertz CT molecular complexity index is 1320. The first-order valence-corrected chi connectivity index (χ1v) is 12.6. The summed E-state index contributed by atoms with van der Waals surface area (Å²) in [5.74, 6) is -0.296. The summed E-state index contributed by atoms with van der Waals surface area (Å²) < 4.78 is 13.8. The average Bonchev–Trinajstić information content (AvgIpc) is 3.11. The van der Waals surface area contributed by atoms with Gasteiger partial charge in [-0.3, -0.25) is 15.0 Å². The number of anilines is 1. The molecular formula is C24H16Br3ClN2O4. The van der Waals surface area contributed by atoms with Crippen LogP contribution in [0.4, 0.5) is 5.69 Å². The van der Waals surface area contributed by atoms with E-state index < -0.39 is 11.8 Å². The Balaban J connectivity index is 1.65. The van der Waals surface area contributed by atoms with Gasteiger partial charge in [0.05, 0.1) is 12.8 Å². The lowest BCUT2D eigenvalue weighted by Gasteiger charge is -2.16. The number of ether oxygens (including phenoxy) is 2. The van der Waals surface area contributed by atoms with Crippen molar-refractivity contribution in [1.82, 2.24) is 5.43 Å². The molecule has 1 saturated heterocycles. The van der Waals surface area contributed by atoms with E-state index in [1.165, 1.54) is 18.2 Å². The lowest BCUT2D eigenvalue weighted by molar-refractivity contribution is -0.117. The topological polar surface area (TPSA) is 67.9 Å². The van der Waals surface area contributed by atoms with E-state index in [1.807, 2.05) is 24.3 Å². The van der Waals surface area contributed by atoms with Crippen LogP contribution >= 0.6 is 59.4 Å². The summed E-state index contributed by atoms with van der Waals surface area (Å²) in [6.45, 7) is 0.240. The summed E-state index contributed by atoms with van der Waals surface area (Å²) in [4.78, 5) is 25.5. The van der Waals surface area contributed by atoms with Crippen molar-refractivity contribution < 1.29 is 19.1 Å². The van der Waals surface area contributed by atoms with Gasteiger partial charge < -0.3 is 9.47 Å². The van der Waals surface area contributed by atoms with Gasteiger partial charge >= 0.3 is 0 Å². The molecule has 1 fully saturated rings. The molecule has 0 atom stereocenters. The zero-order chi connectivity index (χ0) is 24.4. The van der Waals surface area contributed by atoms with Gasteiger partial charge in [-0.15, -0.1) is 0 Å². The molecule has 1 aliphatic rings. The fourth-order valence-corrected chi connectivity index (χ4v) is 5.08. The molecular weight excluding hydrogens is 655 g/mol. The van der Waals surface area contributed by atoms with E-state index >= 15 is 0 Å². The van der Waals surface area contributed by atoms with Gasteiger partial charge in [-0.2, -0.15) is 0 Å². The Morgan fingerprint density at radius 3 is 2.47 bits per heavy atom. The van der Waals surface area contributed by atoms with Crippen LogP contribution in [-0.2, 0) is 16.2 Å². The third-order valence-corrected chi connectivity index (χ3v) is 7.64. The molecule has 0 spiro atoms. The van der Waals surface area contributed by atoms with Crippen LogP contribution < -0.4 is 19.9 Å². The molecule has 0 aliphatic carbocycles. The van der Waals surface area contributed by atoms with Gasteiger partial charge in [-0.05, 0) is 57.9 Å². The van der Waals surface area contributed by atoms with E-state index in [2.05, 4.69) is 53.2 Å². The summed E-state index contributed by atoms with van der Waals surface area (Å²) in [7, 11) is 1.49. The van der Waals surface area contributed by atoms with E-state index in [1.54, 1.807) is 30.3 Å². The molecule has 1 aliphatic heterocycles. The molecule has 34 heavy (non-hydrogen) atoms. The quantitative estimate of drug-likeness (QED) is 0.235. The molecule has 0 unspecified atom stereocenters. The minimum atomic E-state index is -0.517. The molecule has 2 amide bonds. The molecule has 0 aromatic heterocycles. The molecule has 3 aromatic carbocycles. The number of halogens is 4. The average molecular weight is 672 g/mol. The number of nitrogens with zero attached hydrogens (tertiary/aromatic N) is 1. The van der Waals surface area contributed by atoms with Crippen molar-refractivity contribution >= 4 is 83.0 Å². The Labute approximate surface area is 226 Å². The second kappa shape index (κ2) is 10.5. The number of carbonyl (C=O) groups is 2. The van der Waals surface area contributed by atoms with Crippen LogP contribution in [0.25, 0.3) is 6.08 Å². The van der Waals surface area contributed by atoms with Gasteiger partial charge in [-0.25, -0.2) is 5.01 Å². The summed E-state index contributed by atoms with van der Waals surface area (Å²) >= 11 is 17.0. The predicted octanol–water partition coefficient (Wildman–Crippen LogP) is 6.68. The highest BCUT2D eigenvalue weighted by Crippen LogP contribution is 2.44. The van der Waals surface area contributed by atoms with Crippen molar-refractivity contribution in [3.63, 3.8) is 0 Å².